The van der Waals surface area contributed by atoms with Gasteiger partial charge in [0.25, 0.3) is 0 Å². The van der Waals surface area contributed by atoms with E-state index >= 15 is 0 Å². The molecule has 0 saturated carbocycles. The molecule has 3 heteroatoms. The molecule has 0 aromatic heterocycles. The van der Waals surface area contributed by atoms with Crippen LogP contribution >= 0.6 is 0 Å². The van der Waals surface area contributed by atoms with Gasteiger partial charge in [0.05, 0.1) is 18.8 Å². The van der Waals surface area contributed by atoms with E-state index in [1.54, 1.807) is 0 Å². The molecule has 0 unspecified atom stereocenters. The minimum atomic E-state index is -0.387. The van der Waals surface area contributed by atoms with Crippen LogP contribution in [0.3, 0.4) is 0 Å². The maximum atomic E-state index is 9.82. The third-order valence-electron chi connectivity index (χ3n) is 3.27. The molecule has 0 amide bonds. The summed E-state index contributed by atoms with van der Waals surface area (Å²) in [7, 11) is 0. The summed E-state index contributed by atoms with van der Waals surface area (Å²) in [5, 5.41) is 19.1. The Hall–Kier alpha value is -0.900. The zero-order valence-electron chi connectivity index (χ0n) is 9.42. The Bertz CT molecular complexity index is 315. The topological polar surface area (TPSA) is 43.7 Å². The number of hydrogen-bond donors (Lipinski definition) is 2. The molecular formula is C13H19NO2. The van der Waals surface area contributed by atoms with E-state index in [0.29, 0.717) is 0 Å². The highest BCUT2D eigenvalue weighted by Crippen LogP contribution is 2.19. The Morgan fingerprint density at radius 3 is 2.69 bits per heavy atom. The van der Waals surface area contributed by atoms with E-state index in [1.165, 1.54) is 5.56 Å². The van der Waals surface area contributed by atoms with Crippen LogP contribution in [0.4, 0.5) is 0 Å². The summed E-state index contributed by atoms with van der Waals surface area (Å²) >= 11 is 0. The van der Waals surface area contributed by atoms with Crippen molar-refractivity contribution in [1.29, 1.82) is 0 Å². The Morgan fingerprint density at radius 1 is 1.25 bits per heavy atom. The van der Waals surface area contributed by atoms with Gasteiger partial charge in [-0.2, -0.15) is 0 Å². The zero-order valence-corrected chi connectivity index (χ0v) is 9.42. The van der Waals surface area contributed by atoms with Crippen molar-refractivity contribution in [3.05, 3.63) is 35.9 Å². The molecule has 0 radical (unpaired) electrons. The fourth-order valence-corrected chi connectivity index (χ4v) is 2.36. The Kier molecular flexibility index (Phi) is 3.93. The number of piperidine rings is 1. The van der Waals surface area contributed by atoms with E-state index in [0.717, 1.165) is 25.9 Å². The first-order valence-electron chi connectivity index (χ1n) is 5.88. The molecule has 1 aromatic rings. The minimum absolute atomic E-state index is 0.0357. The van der Waals surface area contributed by atoms with E-state index in [1.807, 2.05) is 18.2 Å². The van der Waals surface area contributed by atoms with E-state index in [4.69, 9.17) is 0 Å². The molecule has 3 nitrogen and oxygen atoms in total. The average molecular weight is 221 g/mol. The molecule has 0 bridgehead atoms. The largest absolute Gasteiger partial charge is 0.395 e. The van der Waals surface area contributed by atoms with Gasteiger partial charge >= 0.3 is 0 Å². The number of rotatable bonds is 3. The number of hydrogen-bond acceptors (Lipinski definition) is 3. The summed E-state index contributed by atoms with van der Waals surface area (Å²) in [6, 6.07) is 10.1. The van der Waals surface area contributed by atoms with Gasteiger partial charge < -0.3 is 10.2 Å². The smallest absolute Gasteiger partial charge is 0.0718 e. The minimum Gasteiger partial charge on any atom is -0.395 e. The lowest BCUT2D eigenvalue weighted by Gasteiger charge is -2.38. The van der Waals surface area contributed by atoms with Crippen LogP contribution in [0.5, 0.6) is 0 Å². The standard InChI is InChI=1S/C13H19NO2/c15-10-12-13(16)7-4-8-14(12)9-11-5-2-1-3-6-11/h1-3,5-6,12-13,15-16H,4,7-10H2/t12-,13+/m0/s1. The highest BCUT2D eigenvalue weighted by Gasteiger charge is 2.29. The van der Waals surface area contributed by atoms with Crippen LogP contribution in [0.15, 0.2) is 30.3 Å². The van der Waals surface area contributed by atoms with Crippen molar-refractivity contribution in [3.63, 3.8) is 0 Å². The first-order chi connectivity index (χ1) is 7.81. The fraction of sp³-hybridized carbons (Fsp3) is 0.538. The van der Waals surface area contributed by atoms with E-state index in [9.17, 15) is 10.2 Å². The fourth-order valence-electron chi connectivity index (χ4n) is 2.36. The van der Waals surface area contributed by atoms with Gasteiger partial charge in [0.2, 0.25) is 0 Å². The lowest BCUT2D eigenvalue weighted by Crippen LogP contribution is -2.49. The number of aliphatic hydroxyl groups is 2. The van der Waals surface area contributed by atoms with Gasteiger partial charge in [0, 0.05) is 6.54 Å². The van der Waals surface area contributed by atoms with E-state index < -0.39 is 0 Å². The molecule has 1 aromatic carbocycles. The molecule has 0 spiro atoms. The van der Waals surface area contributed by atoms with Crippen molar-refractivity contribution in [2.45, 2.75) is 31.5 Å². The molecule has 16 heavy (non-hydrogen) atoms. The van der Waals surface area contributed by atoms with Crippen LogP contribution in [-0.4, -0.2) is 40.4 Å². The number of nitrogens with zero attached hydrogens (tertiary/aromatic N) is 1. The normalized spacial score (nSPS) is 26.9. The third kappa shape index (κ3) is 2.61. The van der Waals surface area contributed by atoms with Crippen LogP contribution in [0.2, 0.25) is 0 Å². The van der Waals surface area contributed by atoms with Gasteiger partial charge in [-0.15, -0.1) is 0 Å². The van der Waals surface area contributed by atoms with Crippen LogP contribution in [0.25, 0.3) is 0 Å². The summed E-state index contributed by atoms with van der Waals surface area (Å²) < 4.78 is 0. The van der Waals surface area contributed by atoms with Gasteiger partial charge in [0.15, 0.2) is 0 Å². The third-order valence-corrected chi connectivity index (χ3v) is 3.27. The summed E-state index contributed by atoms with van der Waals surface area (Å²) in [5.74, 6) is 0. The summed E-state index contributed by atoms with van der Waals surface area (Å²) in [5.41, 5.74) is 1.23. The first kappa shape index (κ1) is 11.6. The second-order valence-electron chi connectivity index (χ2n) is 4.42. The molecule has 1 fully saturated rings. The van der Waals surface area contributed by atoms with Crippen molar-refractivity contribution in [2.75, 3.05) is 13.2 Å². The SMILES string of the molecule is OC[C@H]1[C@H](O)CCCN1Cc1ccccc1. The van der Waals surface area contributed by atoms with Crippen molar-refractivity contribution < 1.29 is 10.2 Å². The van der Waals surface area contributed by atoms with Crippen LogP contribution < -0.4 is 0 Å². The molecule has 1 saturated heterocycles. The first-order valence-corrected chi connectivity index (χ1v) is 5.88. The second kappa shape index (κ2) is 5.43. The molecule has 1 aliphatic heterocycles. The maximum absolute atomic E-state index is 9.82. The Balaban J connectivity index is 2.02. The van der Waals surface area contributed by atoms with Gasteiger partial charge in [-0.25, -0.2) is 0 Å². The highest BCUT2D eigenvalue weighted by atomic mass is 16.3. The van der Waals surface area contributed by atoms with Gasteiger partial charge in [-0.1, -0.05) is 30.3 Å². The van der Waals surface area contributed by atoms with Gasteiger partial charge in [-0.05, 0) is 24.9 Å². The van der Waals surface area contributed by atoms with Gasteiger partial charge in [0.1, 0.15) is 0 Å². The second-order valence-corrected chi connectivity index (χ2v) is 4.42. The highest BCUT2D eigenvalue weighted by molar-refractivity contribution is 5.14. The van der Waals surface area contributed by atoms with E-state index in [2.05, 4.69) is 17.0 Å². The average Bonchev–Trinajstić information content (AvgIpc) is 2.31. The molecule has 88 valence electrons. The monoisotopic (exact) mass is 221 g/mol. The number of aliphatic hydroxyl groups excluding tert-OH is 2. The molecule has 0 aliphatic carbocycles. The lowest BCUT2D eigenvalue weighted by atomic mass is 9.98. The Labute approximate surface area is 96.3 Å². The molecular weight excluding hydrogens is 202 g/mol. The van der Waals surface area contributed by atoms with Crippen molar-refractivity contribution in [1.82, 2.24) is 4.90 Å². The Morgan fingerprint density at radius 2 is 2.00 bits per heavy atom. The van der Waals surface area contributed by atoms with Crippen LogP contribution in [-0.2, 0) is 6.54 Å². The molecule has 1 aliphatic rings. The number of likely N-dealkylation sites (tertiary alicyclic amines) is 1. The van der Waals surface area contributed by atoms with E-state index in [-0.39, 0.29) is 18.8 Å². The predicted octanol–water partition coefficient (Wildman–Crippen LogP) is 1.00. The molecule has 2 atom stereocenters. The summed E-state index contributed by atoms with van der Waals surface area (Å²) in [4.78, 5) is 2.17. The maximum Gasteiger partial charge on any atom is 0.0718 e. The van der Waals surface area contributed by atoms with Crippen LogP contribution in [0, 0.1) is 0 Å². The lowest BCUT2D eigenvalue weighted by molar-refractivity contribution is -0.0197. The summed E-state index contributed by atoms with van der Waals surface area (Å²) in [6.07, 6.45) is 1.42. The summed E-state index contributed by atoms with van der Waals surface area (Å²) in [6.45, 7) is 1.80. The molecule has 1 heterocycles. The van der Waals surface area contributed by atoms with Crippen molar-refractivity contribution >= 4 is 0 Å². The predicted molar refractivity (Wildman–Crippen MR) is 63.0 cm³/mol. The van der Waals surface area contributed by atoms with Gasteiger partial charge in [-0.3, -0.25) is 4.90 Å². The molecule has 2 N–H and O–H groups in total. The van der Waals surface area contributed by atoms with Crippen molar-refractivity contribution in [2.24, 2.45) is 0 Å². The number of benzene rings is 1. The van der Waals surface area contributed by atoms with Crippen LogP contribution in [0.1, 0.15) is 18.4 Å². The van der Waals surface area contributed by atoms with Crippen molar-refractivity contribution in [3.8, 4) is 0 Å². The zero-order chi connectivity index (χ0) is 11.4. The molecule has 2 rings (SSSR count). The quantitative estimate of drug-likeness (QED) is 0.800.